The highest BCUT2D eigenvalue weighted by Gasteiger charge is 2.48. The van der Waals surface area contributed by atoms with Crippen LogP contribution in [0.4, 0.5) is 13.2 Å². The van der Waals surface area contributed by atoms with Crippen LogP contribution in [0.15, 0.2) is 35.1 Å². The van der Waals surface area contributed by atoms with Gasteiger partial charge in [0.1, 0.15) is 12.4 Å². The van der Waals surface area contributed by atoms with Gasteiger partial charge < -0.3 is 18.6 Å². The van der Waals surface area contributed by atoms with Crippen LogP contribution in [0.3, 0.4) is 0 Å². The number of benzene rings is 1. The van der Waals surface area contributed by atoms with Crippen LogP contribution in [0.1, 0.15) is 30.0 Å². The lowest BCUT2D eigenvalue weighted by molar-refractivity contribution is -0.172. The first-order valence-electron chi connectivity index (χ1n) is 9.97. The number of esters is 1. The molecule has 34 heavy (non-hydrogen) atoms. The summed E-state index contributed by atoms with van der Waals surface area (Å²) < 4.78 is 71.1. The van der Waals surface area contributed by atoms with Crippen molar-refractivity contribution in [3.05, 3.63) is 57.4 Å². The summed E-state index contributed by atoms with van der Waals surface area (Å²) in [7, 11) is -5.84. The molecule has 2 aromatic heterocycles. The maximum atomic E-state index is 13.1. The Morgan fingerprint density at radius 2 is 1.97 bits per heavy atom. The summed E-state index contributed by atoms with van der Waals surface area (Å²) in [6, 6.07) is 6.51. The summed E-state index contributed by atoms with van der Waals surface area (Å²) in [5, 5.41) is 11.2. The van der Waals surface area contributed by atoms with Gasteiger partial charge in [0.25, 0.3) is 5.56 Å². The first-order valence-corrected chi connectivity index (χ1v) is 11.4. The molecule has 178 valence electrons. The van der Waals surface area contributed by atoms with Crippen molar-refractivity contribution in [3.63, 3.8) is 0 Å². The lowest BCUT2D eigenvalue weighted by Gasteiger charge is -2.31. The molecule has 13 heteroatoms. The molecule has 0 amide bonds. The predicted molar refractivity (Wildman–Crippen MR) is 110 cm³/mol. The van der Waals surface area contributed by atoms with E-state index in [9.17, 15) is 36.3 Å². The maximum Gasteiger partial charge on any atom is 0.534 e. The van der Waals surface area contributed by atoms with E-state index in [0.717, 1.165) is 12.1 Å². The van der Waals surface area contributed by atoms with Gasteiger partial charge in [0, 0.05) is 16.5 Å². The van der Waals surface area contributed by atoms with Gasteiger partial charge in [0.05, 0.1) is 29.0 Å². The highest BCUT2D eigenvalue weighted by atomic mass is 32.2. The normalized spacial score (nSPS) is 19.4. The van der Waals surface area contributed by atoms with Gasteiger partial charge in [0.15, 0.2) is 5.60 Å². The summed E-state index contributed by atoms with van der Waals surface area (Å²) >= 11 is 0. The number of rotatable bonds is 3. The van der Waals surface area contributed by atoms with E-state index in [4.69, 9.17) is 4.74 Å². The van der Waals surface area contributed by atoms with Gasteiger partial charge in [-0.3, -0.25) is 4.79 Å². The highest BCUT2D eigenvalue weighted by molar-refractivity contribution is 7.88. The van der Waals surface area contributed by atoms with Crippen LogP contribution < -0.4 is 9.74 Å². The topological polar surface area (TPSA) is 125 Å². The van der Waals surface area contributed by atoms with Gasteiger partial charge in [-0.1, -0.05) is 6.92 Å². The zero-order valence-corrected chi connectivity index (χ0v) is 18.2. The fraction of sp³-hybridized carbons (Fsp3) is 0.286. The van der Waals surface area contributed by atoms with Crippen LogP contribution in [0.25, 0.3) is 22.3 Å². The molecule has 0 saturated carbocycles. The molecule has 5 rings (SSSR count). The smallest absolute Gasteiger partial charge is 0.458 e. The minimum Gasteiger partial charge on any atom is -0.458 e. The Balaban J connectivity index is 1.62. The van der Waals surface area contributed by atoms with Crippen molar-refractivity contribution < 1.29 is 40.4 Å². The second kappa shape index (κ2) is 7.03. The third-order valence-electron chi connectivity index (χ3n) is 5.97. The van der Waals surface area contributed by atoms with Gasteiger partial charge in [-0.15, -0.1) is 0 Å². The minimum absolute atomic E-state index is 0.0106. The standard InChI is InChI=1S/C21H15F3N2O7S/c1-2-20(29)14-7-16-17-11(8-26(16)18(27)13(14)9-32-19(20)28)5-10-6-12(3-4-15(10)25-17)33-34(30,31)21(22,23)24/h3-7,29H,2,8-9H2,1H3/t20-/m0/s1. The number of carbonyl (C=O) groups is 1. The number of hydrogen-bond donors (Lipinski definition) is 1. The molecule has 0 fully saturated rings. The monoisotopic (exact) mass is 496 g/mol. The van der Waals surface area contributed by atoms with E-state index in [0.29, 0.717) is 27.9 Å². The third kappa shape index (κ3) is 3.10. The van der Waals surface area contributed by atoms with E-state index in [-0.39, 0.29) is 30.7 Å². The van der Waals surface area contributed by atoms with Crippen LogP contribution in [0, 0.1) is 0 Å². The number of ether oxygens (including phenoxy) is 1. The van der Waals surface area contributed by atoms with Crippen molar-refractivity contribution in [3.8, 4) is 17.1 Å². The molecule has 3 aromatic rings. The van der Waals surface area contributed by atoms with Crippen molar-refractivity contribution in [1.29, 1.82) is 0 Å². The number of nitrogens with zero attached hydrogens (tertiary/aromatic N) is 2. The van der Waals surface area contributed by atoms with Gasteiger partial charge in [0.2, 0.25) is 0 Å². The average Bonchev–Trinajstić information content (AvgIpc) is 3.12. The Morgan fingerprint density at radius 1 is 1.24 bits per heavy atom. The number of cyclic esters (lactones) is 1. The van der Waals surface area contributed by atoms with Gasteiger partial charge in [-0.2, -0.15) is 21.6 Å². The van der Waals surface area contributed by atoms with Crippen molar-refractivity contribution in [2.45, 2.75) is 37.6 Å². The number of pyridine rings is 2. The molecule has 1 aromatic carbocycles. The molecular formula is C21H15F3N2O7S. The largest absolute Gasteiger partial charge is 0.534 e. The van der Waals surface area contributed by atoms with Crippen molar-refractivity contribution in [1.82, 2.24) is 9.55 Å². The van der Waals surface area contributed by atoms with Gasteiger partial charge in [-0.05, 0) is 36.8 Å². The first-order chi connectivity index (χ1) is 15.9. The van der Waals surface area contributed by atoms with E-state index in [1.165, 1.54) is 16.7 Å². The highest BCUT2D eigenvalue weighted by Crippen LogP contribution is 2.39. The molecular weight excluding hydrogens is 481 g/mol. The second-order valence-corrected chi connectivity index (χ2v) is 9.47. The molecule has 2 aliphatic heterocycles. The Kier molecular flexibility index (Phi) is 4.62. The molecule has 4 heterocycles. The van der Waals surface area contributed by atoms with E-state index < -0.39 is 38.5 Å². The van der Waals surface area contributed by atoms with Crippen LogP contribution >= 0.6 is 0 Å². The fourth-order valence-electron chi connectivity index (χ4n) is 4.19. The lowest BCUT2D eigenvalue weighted by atomic mass is 9.86. The Morgan fingerprint density at radius 3 is 2.65 bits per heavy atom. The maximum absolute atomic E-state index is 13.1. The second-order valence-electron chi connectivity index (χ2n) is 7.94. The van der Waals surface area contributed by atoms with E-state index in [1.807, 2.05) is 0 Å². The molecule has 0 unspecified atom stereocenters. The Bertz CT molecular complexity index is 1560. The molecule has 0 radical (unpaired) electrons. The van der Waals surface area contributed by atoms with E-state index in [2.05, 4.69) is 9.17 Å². The number of carbonyl (C=O) groups excluding carboxylic acids is 1. The number of halogens is 3. The van der Waals surface area contributed by atoms with Crippen LogP contribution in [0.5, 0.6) is 5.75 Å². The summed E-state index contributed by atoms with van der Waals surface area (Å²) in [6.07, 6.45) is -0.0106. The molecule has 0 spiro atoms. The third-order valence-corrected chi connectivity index (χ3v) is 6.95. The minimum atomic E-state index is -5.84. The molecule has 9 nitrogen and oxygen atoms in total. The summed E-state index contributed by atoms with van der Waals surface area (Å²) in [5.74, 6) is -1.39. The number of fused-ring (bicyclic) bond motifs is 5. The number of alkyl halides is 3. The van der Waals surface area contributed by atoms with Crippen molar-refractivity contribution in [2.24, 2.45) is 0 Å². The van der Waals surface area contributed by atoms with Crippen LogP contribution in [0.2, 0.25) is 0 Å². The summed E-state index contributed by atoms with van der Waals surface area (Å²) in [6.45, 7) is 1.37. The Labute approximate surface area is 189 Å². The van der Waals surface area contributed by atoms with Crippen LogP contribution in [-0.4, -0.2) is 34.6 Å². The molecule has 1 atom stereocenters. The number of hydrogen-bond acceptors (Lipinski definition) is 8. The molecule has 0 aliphatic carbocycles. The van der Waals surface area contributed by atoms with Crippen molar-refractivity contribution in [2.75, 3.05) is 0 Å². The summed E-state index contributed by atoms with van der Waals surface area (Å²) in [5.41, 5.74) is -6.12. The van der Waals surface area contributed by atoms with E-state index in [1.54, 1.807) is 13.0 Å². The first kappa shape index (κ1) is 22.3. The zero-order chi connectivity index (χ0) is 24.6. The molecule has 0 bridgehead atoms. The molecule has 0 saturated heterocycles. The Hall–Kier alpha value is -3.45. The number of aromatic nitrogens is 2. The van der Waals surface area contributed by atoms with Gasteiger partial charge in [-0.25, -0.2) is 9.78 Å². The predicted octanol–water partition coefficient (Wildman–Crippen LogP) is 2.31. The van der Waals surface area contributed by atoms with Crippen molar-refractivity contribution >= 4 is 27.0 Å². The molecule has 1 N–H and O–H groups in total. The zero-order valence-electron chi connectivity index (χ0n) is 17.3. The SMILES string of the molecule is CC[C@@]1(O)C(=O)OCc2c1cc1n(c2=O)Cc2cc3cc(OS(=O)(=O)C(F)(F)F)ccc3nc2-1. The van der Waals surface area contributed by atoms with Crippen LogP contribution in [-0.2, 0) is 38.4 Å². The summed E-state index contributed by atoms with van der Waals surface area (Å²) in [4.78, 5) is 29.8. The molecule has 2 aliphatic rings. The number of aliphatic hydroxyl groups is 1. The fourth-order valence-corrected chi connectivity index (χ4v) is 4.64. The van der Waals surface area contributed by atoms with E-state index >= 15 is 0 Å². The lowest BCUT2D eigenvalue weighted by Crippen LogP contribution is -2.44. The quantitative estimate of drug-likeness (QED) is 0.260. The van der Waals surface area contributed by atoms with Gasteiger partial charge >= 0.3 is 21.6 Å². The average molecular weight is 496 g/mol.